The molecule has 2 aromatic rings. The van der Waals surface area contributed by atoms with E-state index >= 15 is 0 Å². The predicted molar refractivity (Wildman–Crippen MR) is 78.3 cm³/mol. The van der Waals surface area contributed by atoms with Gasteiger partial charge in [-0.15, -0.1) is 0 Å². The zero-order chi connectivity index (χ0) is 13.1. The first-order chi connectivity index (χ1) is 8.58. The molecule has 0 saturated heterocycles. The number of hydrogen-bond donors (Lipinski definition) is 2. The normalized spacial score (nSPS) is 10.4. The molecule has 2 rings (SSSR count). The Kier molecular flexibility index (Phi) is 4.04. The molecule has 94 valence electrons. The molecule has 1 aromatic carbocycles. The molecule has 0 saturated carbocycles. The number of halogens is 2. The quantitative estimate of drug-likeness (QED) is 0.900. The molecule has 0 spiro atoms. The molecule has 0 radical (unpaired) electrons. The minimum atomic E-state index is 0.442. The summed E-state index contributed by atoms with van der Waals surface area (Å²) in [5.74, 6) is 1.78. The summed E-state index contributed by atoms with van der Waals surface area (Å²) in [6.07, 6.45) is 0.730. The van der Waals surface area contributed by atoms with E-state index in [2.05, 4.69) is 31.2 Å². The summed E-state index contributed by atoms with van der Waals surface area (Å²) < 4.78 is 0.925. The van der Waals surface area contributed by atoms with Gasteiger partial charge in [0.15, 0.2) is 0 Å². The highest BCUT2D eigenvalue weighted by Gasteiger charge is 2.05. The molecule has 0 unspecified atom stereocenters. The molecule has 0 aliphatic heterocycles. The third kappa shape index (κ3) is 3.11. The first kappa shape index (κ1) is 13.1. The highest BCUT2D eigenvalue weighted by atomic mass is 79.9. The van der Waals surface area contributed by atoms with Crippen LogP contribution in [0.15, 0.2) is 28.7 Å². The first-order valence-corrected chi connectivity index (χ1v) is 6.61. The van der Waals surface area contributed by atoms with Crippen LogP contribution in [-0.2, 0) is 6.42 Å². The molecule has 0 bridgehead atoms. The van der Waals surface area contributed by atoms with Crippen LogP contribution in [-0.4, -0.2) is 9.97 Å². The average molecular weight is 328 g/mol. The Balaban J connectivity index is 2.30. The van der Waals surface area contributed by atoms with Gasteiger partial charge in [-0.05, 0) is 18.2 Å². The molecule has 1 heterocycles. The Morgan fingerprint density at radius 2 is 2.11 bits per heavy atom. The van der Waals surface area contributed by atoms with Gasteiger partial charge in [-0.1, -0.05) is 34.5 Å². The molecular weight excluding hydrogens is 316 g/mol. The maximum atomic E-state index is 6.13. The summed E-state index contributed by atoms with van der Waals surface area (Å²) in [6, 6.07) is 7.27. The molecule has 4 nitrogen and oxygen atoms in total. The van der Waals surface area contributed by atoms with E-state index in [0.29, 0.717) is 22.5 Å². The van der Waals surface area contributed by atoms with Crippen molar-refractivity contribution in [1.82, 2.24) is 9.97 Å². The molecule has 18 heavy (non-hydrogen) atoms. The number of nitrogens with zero attached hydrogens (tertiary/aromatic N) is 2. The van der Waals surface area contributed by atoms with E-state index in [1.165, 1.54) is 0 Å². The maximum Gasteiger partial charge on any atom is 0.136 e. The van der Waals surface area contributed by atoms with Gasteiger partial charge in [0.2, 0.25) is 0 Å². The number of rotatable bonds is 3. The Morgan fingerprint density at radius 3 is 2.78 bits per heavy atom. The van der Waals surface area contributed by atoms with Crippen LogP contribution in [0.5, 0.6) is 0 Å². The predicted octanol–water partition coefficient (Wildman–Crippen LogP) is 3.78. The number of nitrogen functional groups attached to an aromatic ring is 1. The average Bonchev–Trinajstić information content (AvgIpc) is 2.32. The van der Waals surface area contributed by atoms with Gasteiger partial charge in [-0.25, -0.2) is 9.97 Å². The van der Waals surface area contributed by atoms with Crippen molar-refractivity contribution in [1.29, 1.82) is 0 Å². The van der Waals surface area contributed by atoms with Crippen molar-refractivity contribution in [3.05, 3.63) is 39.6 Å². The monoisotopic (exact) mass is 326 g/mol. The minimum Gasteiger partial charge on any atom is -0.384 e. The molecule has 1 aromatic heterocycles. The minimum absolute atomic E-state index is 0.442. The van der Waals surface area contributed by atoms with Crippen molar-refractivity contribution in [2.75, 3.05) is 11.1 Å². The van der Waals surface area contributed by atoms with Crippen LogP contribution in [0.25, 0.3) is 0 Å². The Morgan fingerprint density at radius 1 is 1.33 bits per heavy atom. The first-order valence-electron chi connectivity index (χ1n) is 5.44. The van der Waals surface area contributed by atoms with Gasteiger partial charge in [0.25, 0.3) is 0 Å². The summed E-state index contributed by atoms with van der Waals surface area (Å²) in [7, 11) is 0. The van der Waals surface area contributed by atoms with Crippen molar-refractivity contribution in [3.63, 3.8) is 0 Å². The van der Waals surface area contributed by atoms with Gasteiger partial charge in [0.1, 0.15) is 17.5 Å². The molecule has 0 aliphatic rings. The third-order valence-electron chi connectivity index (χ3n) is 2.30. The van der Waals surface area contributed by atoms with Gasteiger partial charge in [-0.2, -0.15) is 0 Å². The fourth-order valence-electron chi connectivity index (χ4n) is 1.47. The highest BCUT2D eigenvalue weighted by Crippen LogP contribution is 2.28. The summed E-state index contributed by atoms with van der Waals surface area (Å²) in [4.78, 5) is 8.45. The molecule has 0 aliphatic carbocycles. The fourth-order valence-corrected chi connectivity index (χ4v) is 2.19. The second-order valence-corrected chi connectivity index (χ2v) is 5.02. The SMILES string of the molecule is CCc1nc(N)cc(Nc2ccc(Br)cc2Cl)n1. The van der Waals surface area contributed by atoms with Crippen LogP contribution >= 0.6 is 27.5 Å². The van der Waals surface area contributed by atoms with Crippen LogP contribution in [0, 0.1) is 0 Å². The lowest BCUT2D eigenvalue weighted by Gasteiger charge is -2.09. The Labute approximate surface area is 119 Å². The Bertz CT molecular complexity index is 574. The van der Waals surface area contributed by atoms with Gasteiger partial charge in [0.05, 0.1) is 10.7 Å². The lowest BCUT2D eigenvalue weighted by molar-refractivity contribution is 0.948. The lowest BCUT2D eigenvalue weighted by Crippen LogP contribution is -2.02. The van der Waals surface area contributed by atoms with Crippen LogP contribution in [0.3, 0.4) is 0 Å². The van der Waals surface area contributed by atoms with E-state index in [-0.39, 0.29) is 0 Å². The van der Waals surface area contributed by atoms with Crippen molar-refractivity contribution < 1.29 is 0 Å². The molecule has 0 amide bonds. The number of nitrogens with one attached hydrogen (secondary N) is 1. The second-order valence-electron chi connectivity index (χ2n) is 3.70. The van der Waals surface area contributed by atoms with E-state index in [1.54, 1.807) is 6.07 Å². The van der Waals surface area contributed by atoms with Crippen molar-refractivity contribution >= 4 is 44.9 Å². The van der Waals surface area contributed by atoms with Crippen molar-refractivity contribution in [2.24, 2.45) is 0 Å². The van der Waals surface area contributed by atoms with Gasteiger partial charge in [-0.3, -0.25) is 0 Å². The number of benzene rings is 1. The number of aromatic nitrogens is 2. The topological polar surface area (TPSA) is 63.8 Å². The lowest BCUT2D eigenvalue weighted by atomic mass is 10.3. The Hall–Kier alpha value is -1.33. The van der Waals surface area contributed by atoms with Crippen molar-refractivity contribution in [3.8, 4) is 0 Å². The number of hydrogen-bond acceptors (Lipinski definition) is 4. The van der Waals surface area contributed by atoms with E-state index < -0.39 is 0 Å². The van der Waals surface area contributed by atoms with Crippen LogP contribution in [0.4, 0.5) is 17.3 Å². The summed E-state index contributed by atoms with van der Waals surface area (Å²) in [6.45, 7) is 1.98. The summed E-state index contributed by atoms with van der Waals surface area (Å²) in [5, 5.41) is 3.74. The summed E-state index contributed by atoms with van der Waals surface area (Å²) >= 11 is 9.48. The van der Waals surface area contributed by atoms with Crippen molar-refractivity contribution in [2.45, 2.75) is 13.3 Å². The van der Waals surface area contributed by atoms with Crippen LogP contribution in [0.1, 0.15) is 12.7 Å². The molecule has 0 fully saturated rings. The van der Waals surface area contributed by atoms with Crippen LogP contribution in [0.2, 0.25) is 5.02 Å². The van der Waals surface area contributed by atoms with Crippen LogP contribution < -0.4 is 11.1 Å². The fraction of sp³-hybridized carbons (Fsp3) is 0.167. The van der Waals surface area contributed by atoms with Gasteiger partial charge in [0, 0.05) is 17.0 Å². The second kappa shape index (κ2) is 5.54. The molecule has 6 heteroatoms. The maximum absolute atomic E-state index is 6.13. The van der Waals surface area contributed by atoms with E-state index in [4.69, 9.17) is 17.3 Å². The zero-order valence-corrected chi connectivity index (χ0v) is 12.1. The third-order valence-corrected chi connectivity index (χ3v) is 3.11. The van der Waals surface area contributed by atoms with E-state index in [0.717, 1.165) is 16.6 Å². The van der Waals surface area contributed by atoms with E-state index in [1.807, 2.05) is 25.1 Å². The number of anilines is 3. The molecular formula is C12H12BrClN4. The van der Waals surface area contributed by atoms with E-state index in [9.17, 15) is 0 Å². The molecule has 3 N–H and O–H groups in total. The molecule has 0 atom stereocenters. The largest absolute Gasteiger partial charge is 0.384 e. The van der Waals surface area contributed by atoms with Gasteiger partial charge < -0.3 is 11.1 Å². The number of aryl methyl sites for hydroxylation is 1. The summed E-state index contributed by atoms with van der Waals surface area (Å²) in [5.41, 5.74) is 6.50. The smallest absolute Gasteiger partial charge is 0.136 e. The number of nitrogens with two attached hydrogens (primary N) is 1. The highest BCUT2D eigenvalue weighted by molar-refractivity contribution is 9.10. The van der Waals surface area contributed by atoms with Gasteiger partial charge >= 0.3 is 0 Å². The standard InChI is InChI=1S/C12H12BrClN4/c1-2-11-17-10(15)6-12(18-11)16-9-4-3-7(13)5-8(9)14/h3-6H,2H2,1H3,(H3,15,16,17,18). The zero-order valence-electron chi connectivity index (χ0n) is 9.74.